The van der Waals surface area contributed by atoms with Crippen LogP contribution in [0, 0.1) is 5.82 Å². The third-order valence-electron chi connectivity index (χ3n) is 2.90. The zero-order valence-corrected chi connectivity index (χ0v) is 10.8. The summed E-state index contributed by atoms with van der Waals surface area (Å²) in [6, 6.07) is 4.59. The Bertz CT molecular complexity index is 524. The van der Waals surface area contributed by atoms with Crippen molar-refractivity contribution in [1.82, 2.24) is 9.55 Å². The number of rotatable bonds is 4. The fourth-order valence-electron chi connectivity index (χ4n) is 1.79. The molecule has 1 aromatic heterocycles. The first kappa shape index (κ1) is 12.2. The number of aryl methyl sites for hydroxylation is 1. The van der Waals surface area contributed by atoms with Gasteiger partial charge in [-0.15, -0.1) is 0 Å². The maximum atomic E-state index is 13.1. The predicted octanol–water partition coefficient (Wildman–Crippen LogP) is 2.90. The van der Waals surface area contributed by atoms with Crippen LogP contribution in [0.25, 0.3) is 11.0 Å². The molecule has 0 bridgehead atoms. The first-order valence-electron chi connectivity index (χ1n) is 5.56. The number of thioether (sulfide) groups is 1. The topological polar surface area (TPSA) is 43.8 Å². The van der Waals surface area contributed by atoms with Crippen LogP contribution < -0.4 is 5.73 Å². The van der Waals surface area contributed by atoms with E-state index < -0.39 is 0 Å². The highest BCUT2D eigenvalue weighted by Gasteiger charge is 2.09. The number of anilines is 1. The number of benzene rings is 1. The van der Waals surface area contributed by atoms with Crippen molar-refractivity contribution in [3.05, 3.63) is 24.0 Å². The fourth-order valence-corrected chi connectivity index (χ4v) is 2.13. The standard InChI is InChI=1S/C12H16FN3S/c1-8(17-2)5-6-16-11-4-3-9(13)7-10(11)15-12(16)14/h3-4,7-8H,5-6H2,1-2H3,(H2,14,15). The van der Waals surface area contributed by atoms with Gasteiger partial charge in [0.2, 0.25) is 5.95 Å². The second-order valence-electron chi connectivity index (χ2n) is 4.09. The van der Waals surface area contributed by atoms with Gasteiger partial charge in [-0.05, 0) is 24.8 Å². The molecule has 2 rings (SSSR count). The van der Waals surface area contributed by atoms with Gasteiger partial charge in [0.25, 0.3) is 0 Å². The molecule has 17 heavy (non-hydrogen) atoms. The van der Waals surface area contributed by atoms with Crippen molar-refractivity contribution in [2.24, 2.45) is 0 Å². The van der Waals surface area contributed by atoms with E-state index in [1.165, 1.54) is 12.1 Å². The van der Waals surface area contributed by atoms with E-state index in [9.17, 15) is 4.39 Å². The Morgan fingerprint density at radius 3 is 3.00 bits per heavy atom. The zero-order valence-electron chi connectivity index (χ0n) is 9.98. The molecule has 0 saturated heterocycles. The molecular formula is C12H16FN3S. The number of nitrogens with two attached hydrogens (primary N) is 1. The quantitative estimate of drug-likeness (QED) is 0.911. The van der Waals surface area contributed by atoms with Crippen LogP contribution in [-0.4, -0.2) is 21.1 Å². The fraction of sp³-hybridized carbons (Fsp3) is 0.417. The van der Waals surface area contributed by atoms with Crippen molar-refractivity contribution in [2.75, 3.05) is 12.0 Å². The maximum absolute atomic E-state index is 13.1. The molecule has 3 nitrogen and oxygen atoms in total. The second-order valence-corrected chi connectivity index (χ2v) is 5.37. The molecule has 0 amide bonds. The molecule has 0 fully saturated rings. The number of hydrogen-bond donors (Lipinski definition) is 1. The monoisotopic (exact) mass is 253 g/mol. The molecule has 1 heterocycles. The lowest BCUT2D eigenvalue weighted by molar-refractivity contribution is 0.628. The molecule has 0 aliphatic heterocycles. The zero-order chi connectivity index (χ0) is 12.4. The molecule has 2 N–H and O–H groups in total. The summed E-state index contributed by atoms with van der Waals surface area (Å²) in [6.07, 6.45) is 3.11. The van der Waals surface area contributed by atoms with Crippen molar-refractivity contribution >= 4 is 28.7 Å². The number of nitrogen functional groups attached to an aromatic ring is 1. The van der Waals surface area contributed by atoms with E-state index in [-0.39, 0.29) is 5.82 Å². The second kappa shape index (κ2) is 4.96. The largest absolute Gasteiger partial charge is 0.369 e. The van der Waals surface area contributed by atoms with Crippen LogP contribution in [0.4, 0.5) is 10.3 Å². The van der Waals surface area contributed by atoms with Crippen molar-refractivity contribution in [1.29, 1.82) is 0 Å². The van der Waals surface area contributed by atoms with Gasteiger partial charge >= 0.3 is 0 Å². The average molecular weight is 253 g/mol. The smallest absolute Gasteiger partial charge is 0.201 e. The maximum Gasteiger partial charge on any atom is 0.201 e. The average Bonchev–Trinajstić information content (AvgIpc) is 2.61. The van der Waals surface area contributed by atoms with E-state index in [1.807, 2.05) is 16.3 Å². The van der Waals surface area contributed by atoms with Crippen LogP contribution in [-0.2, 0) is 6.54 Å². The summed E-state index contributed by atoms with van der Waals surface area (Å²) in [5.74, 6) is 0.179. The molecule has 0 aliphatic carbocycles. The third kappa shape index (κ3) is 2.54. The van der Waals surface area contributed by atoms with Gasteiger partial charge in [0.05, 0.1) is 11.0 Å². The summed E-state index contributed by atoms with van der Waals surface area (Å²) < 4.78 is 15.0. The molecular weight excluding hydrogens is 237 g/mol. The third-order valence-corrected chi connectivity index (χ3v) is 3.94. The number of aromatic nitrogens is 2. The van der Waals surface area contributed by atoms with Gasteiger partial charge in [0.15, 0.2) is 0 Å². The van der Waals surface area contributed by atoms with Gasteiger partial charge in [-0.1, -0.05) is 6.92 Å². The molecule has 1 aromatic carbocycles. The van der Waals surface area contributed by atoms with Crippen LogP contribution >= 0.6 is 11.8 Å². The minimum Gasteiger partial charge on any atom is -0.369 e. The summed E-state index contributed by atoms with van der Waals surface area (Å²) in [5, 5.41) is 0.576. The van der Waals surface area contributed by atoms with Gasteiger partial charge in [-0.3, -0.25) is 0 Å². The number of fused-ring (bicyclic) bond motifs is 1. The Kier molecular flexibility index (Phi) is 3.57. The van der Waals surface area contributed by atoms with Crippen molar-refractivity contribution in [3.8, 4) is 0 Å². The van der Waals surface area contributed by atoms with E-state index in [4.69, 9.17) is 5.73 Å². The lowest BCUT2D eigenvalue weighted by Gasteiger charge is -2.10. The molecule has 0 radical (unpaired) electrons. The molecule has 5 heteroatoms. The summed E-state index contributed by atoms with van der Waals surface area (Å²) >= 11 is 1.83. The summed E-state index contributed by atoms with van der Waals surface area (Å²) in [7, 11) is 0. The lowest BCUT2D eigenvalue weighted by Crippen LogP contribution is -2.07. The van der Waals surface area contributed by atoms with E-state index in [2.05, 4.69) is 18.2 Å². The van der Waals surface area contributed by atoms with Gasteiger partial charge in [0.1, 0.15) is 5.82 Å². The van der Waals surface area contributed by atoms with Crippen molar-refractivity contribution < 1.29 is 4.39 Å². The van der Waals surface area contributed by atoms with Crippen molar-refractivity contribution in [3.63, 3.8) is 0 Å². The Hall–Kier alpha value is -1.23. The number of hydrogen-bond acceptors (Lipinski definition) is 3. The minimum atomic E-state index is -0.278. The van der Waals surface area contributed by atoms with Crippen LogP contribution in [0.1, 0.15) is 13.3 Å². The van der Waals surface area contributed by atoms with Gasteiger partial charge in [0, 0.05) is 17.9 Å². The van der Waals surface area contributed by atoms with Gasteiger partial charge in [-0.25, -0.2) is 9.37 Å². The number of nitrogens with zero attached hydrogens (tertiary/aromatic N) is 2. The molecule has 1 unspecified atom stereocenters. The Labute approximate surface area is 104 Å². The van der Waals surface area contributed by atoms with Crippen molar-refractivity contribution in [2.45, 2.75) is 25.1 Å². The first-order valence-corrected chi connectivity index (χ1v) is 6.84. The van der Waals surface area contributed by atoms with E-state index >= 15 is 0 Å². The molecule has 0 spiro atoms. The Morgan fingerprint density at radius 1 is 1.53 bits per heavy atom. The highest BCUT2D eigenvalue weighted by Crippen LogP contribution is 2.20. The Balaban J connectivity index is 2.30. The molecule has 1 atom stereocenters. The Morgan fingerprint density at radius 2 is 2.29 bits per heavy atom. The SMILES string of the molecule is CSC(C)CCn1c(N)nc2cc(F)ccc21. The lowest BCUT2D eigenvalue weighted by atomic mass is 10.3. The molecule has 92 valence electrons. The van der Waals surface area contributed by atoms with E-state index in [0.29, 0.717) is 16.7 Å². The first-order chi connectivity index (χ1) is 8.11. The van der Waals surface area contributed by atoms with Crippen LogP contribution in [0.3, 0.4) is 0 Å². The summed E-state index contributed by atoms with van der Waals surface area (Å²) in [5.41, 5.74) is 7.38. The highest BCUT2D eigenvalue weighted by atomic mass is 32.2. The summed E-state index contributed by atoms with van der Waals surface area (Å²) in [6.45, 7) is 3.00. The van der Waals surface area contributed by atoms with Gasteiger partial charge in [-0.2, -0.15) is 11.8 Å². The van der Waals surface area contributed by atoms with Crippen LogP contribution in [0.2, 0.25) is 0 Å². The highest BCUT2D eigenvalue weighted by molar-refractivity contribution is 7.99. The van der Waals surface area contributed by atoms with Gasteiger partial charge < -0.3 is 10.3 Å². The van der Waals surface area contributed by atoms with Crippen LogP contribution in [0.15, 0.2) is 18.2 Å². The minimum absolute atomic E-state index is 0.278. The summed E-state index contributed by atoms with van der Waals surface area (Å²) in [4.78, 5) is 4.17. The van der Waals surface area contributed by atoms with E-state index in [1.54, 1.807) is 6.07 Å². The molecule has 0 saturated carbocycles. The predicted molar refractivity (Wildman–Crippen MR) is 71.7 cm³/mol. The molecule has 2 aromatic rings. The normalized spacial score (nSPS) is 13.1. The molecule has 0 aliphatic rings. The number of imidazole rings is 1. The van der Waals surface area contributed by atoms with Crippen LogP contribution in [0.5, 0.6) is 0 Å². The van der Waals surface area contributed by atoms with E-state index in [0.717, 1.165) is 18.5 Å². The number of halogens is 1.